The number of Topliss-reactive ketones (excluding diaryl/α,β-unsaturated/α-hetero) is 1. The maximum atomic E-state index is 12.1. The maximum absolute atomic E-state index is 12.1. The highest BCUT2D eigenvalue weighted by molar-refractivity contribution is 7.89. The van der Waals surface area contributed by atoms with Gasteiger partial charge in [-0.15, -0.1) is 0 Å². The number of hydrogen-bond acceptors (Lipinski definition) is 4. The summed E-state index contributed by atoms with van der Waals surface area (Å²) in [5.41, 5.74) is -0.131. The van der Waals surface area contributed by atoms with Gasteiger partial charge in [0.15, 0.2) is 5.78 Å². The van der Waals surface area contributed by atoms with Crippen LogP contribution in [0.4, 0.5) is 0 Å². The minimum absolute atomic E-state index is 0.0428. The maximum Gasteiger partial charge on any atom is 0.241 e. The van der Waals surface area contributed by atoms with Crippen LogP contribution in [-0.4, -0.2) is 32.2 Å². The molecule has 116 valence electrons. The minimum atomic E-state index is -3.83. The highest BCUT2D eigenvalue weighted by Gasteiger charge is 2.19. The summed E-state index contributed by atoms with van der Waals surface area (Å²) in [6, 6.07) is 5.68. The average Bonchev–Trinajstić information content (AvgIpc) is 2.35. The van der Waals surface area contributed by atoms with E-state index in [0.717, 1.165) is 0 Å². The summed E-state index contributed by atoms with van der Waals surface area (Å²) in [6.07, 6.45) is 0. The monoisotopic (exact) mass is 312 g/mol. The van der Waals surface area contributed by atoms with Gasteiger partial charge < -0.3 is 5.32 Å². The second kappa shape index (κ2) is 6.36. The number of benzene rings is 1. The number of ketones is 1. The van der Waals surface area contributed by atoms with Crippen molar-refractivity contribution in [1.82, 2.24) is 10.0 Å². The van der Waals surface area contributed by atoms with E-state index in [-0.39, 0.29) is 17.2 Å². The van der Waals surface area contributed by atoms with E-state index in [1.54, 1.807) is 20.8 Å². The second-order valence-corrected chi connectivity index (χ2v) is 7.47. The van der Waals surface area contributed by atoms with Gasteiger partial charge in [0.1, 0.15) is 0 Å². The summed E-state index contributed by atoms with van der Waals surface area (Å²) in [5.74, 6) is -0.647. The van der Waals surface area contributed by atoms with Crippen LogP contribution in [0.15, 0.2) is 29.2 Å². The van der Waals surface area contributed by atoms with Crippen molar-refractivity contribution in [2.45, 2.75) is 38.1 Å². The van der Waals surface area contributed by atoms with Crippen molar-refractivity contribution in [3.63, 3.8) is 0 Å². The number of hydrogen-bond donors (Lipinski definition) is 2. The fraction of sp³-hybridized carbons (Fsp3) is 0.429. The molecule has 0 radical (unpaired) electrons. The Balaban J connectivity index is 2.81. The van der Waals surface area contributed by atoms with Gasteiger partial charge in [-0.1, -0.05) is 12.1 Å². The zero-order valence-corrected chi connectivity index (χ0v) is 13.4. The van der Waals surface area contributed by atoms with E-state index in [9.17, 15) is 18.0 Å². The quantitative estimate of drug-likeness (QED) is 0.796. The highest BCUT2D eigenvalue weighted by Crippen LogP contribution is 2.11. The van der Waals surface area contributed by atoms with Crippen LogP contribution in [0.2, 0.25) is 0 Å². The SMILES string of the molecule is CC(=O)c1cccc(S(=O)(=O)NCC(=O)NC(C)(C)C)c1. The summed E-state index contributed by atoms with van der Waals surface area (Å²) in [4.78, 5) is 22.8. The Morgan fingerprint density at radius 3 is 2.33 bits per heavy atom. The van der Waals surface area contributed by atoms with Crippen molar-refractivity contribution < 1.29 is 18.0 Å². The fourth-order valence-corrected chi connectivity index (χ4v) is 2.62. The smallest absolute Gasteiger partial charge is 0.241 e. The van der Waals surface area contributed by atoms with Gasteiger partial charge in [-0.3, -0.25) is 9.59 Å². The third-order valence-electron chi connectivity index (χ3n) is 2.49. The number of carbonyl (C=O) groups excluding carboxylic acids is 2. The Bertz CT molecular complexity index is 645. The third-order valence-corrected chi connectivity index (χ3v) is 3.89. The lowest BCUT2D eigenvalue weighted by Gasteiger charge is -2.20. The summed E-state index contributed by atoms with van der Waals surface area (Å²) in [6.45, 7) is 6.40. The predicted octanol–water partition coefficient (Wildman–Crippen LogP) is 1.08. The first-order chi connectivity index (χ1) is 9.51. The Morgan fingerprint density at radius 2 is 1.81 bits per heavy atom. The van der Waals surface area contributed by atoms with Gasteiger partial charge in [0.05, 0.1) is 11.4 Å². The van der Waals surface area contributed by atoms with Crippen LogP contribution in [-0.2, 0) is 14.8 Å². The number of nitrogens with one attached hydrogen (secondary N) is 2. The van der Waals surface area contributed by atoms with Gasteiger partial charge in [-0.25, -0.2) is 13.1 Å². The Kier molecular flexibility index (Phi) is 5.25. The largest absolute Gasteiger partial charge is 0.350 e. The Labute approximate surface area is 125 Å². The predicted molar refractivity (Wildman–Crippen MR) is 79.5 cm³/mol. The molecule has 1 aromatic rings. The number of sulfonamides is 1. The molecule has 0 aliphatic rings. The number of carbonyl (C=O) groups is 2. The van der Waals surface area contributed by atoms with Gasteiger partial charge in [0.25, 0.3) is 0 Å². The summed E-state index contributed by atoms with van der Waals surface area (Å²) in [5, 5.41) is 2.65. The van der Waals surface area contributed by atoms with Crippen LogP contribution < -0.4 is 10.0 Å². The molecule has 0 fully saturated rings. The lowest BCUT2D eigenvalue weighted by Crippen LogP contribution is -2.45. The van der Waals surface area contributed by atoms with Gasteiger partial charge >= 0.3 is 0 Å². The summed E-state index contributed by atoms with van der Waals surface area (Å²) in [7, 11) is -3.83. The van der Waals surface area contributed by atoms with Crippen LogP contribution in [0.5, 0.6) is 0 Å². The number of amides is 1. The Hall–Kier alpha value is -1.73. The van der Waals surface area contributed by atoms with Gasteiger partial charge in [0, 0.05) is 11.1 Å². The van der Waals surface area contributed by atoms with E-state index >= 15 is 0 Å². The lowest BCUT2D eigenvalue weighted by molar-refractivity contribution is -0.121. The average molecular weight is 312 g/mol. The van der Waals surface area contributed by atoms with E-state index in [0.29, 0.717) is 5.56 Å². The van der Waals surface area contributed by atoms with Crippen molar-refractivity contribution in [3.8, 4) is 0 Å². The number of rotatable bonds is 5. The molecule has 0 atom stereocenters. The third kappa shape index (κ3) is 5.65. The molecule has 0 saturated carbocycles. The van der Waals surface area contributed by atoms with Crippen molar-refractivity contribution in [1.29, 1.82) is 0 Å². The van der Waals surface area contributed by atoms with Crippen molar-refractivity contribution in [2.75, 3.05) is 6.54 Å². The molecule has 0 unspecified atom stereocenters. The molecule has 21 heavy (non-hydrogen) atoms. The molecular formula is C14H20N2O4S. The first-order valence-electron chi connectivity index (χ1n) is 6.43. The van der Waals surface area contributed by atoms with Crippen LogP contribution in [0.1, 0.15) is 38.1 Å². The van der Waals surface area contributed by atoms with Crippen molar-refractivity contribution in [3.05, 3.63) is 29.8 Å². The van der Waals surface area contributed by atoms with E-state index in [1.165, 1.54) is 31.2 Å². The summed E-state index contributed by atoms with van der Waals surface area (Å²) < 4.78 is 26.4. The molecule has 1 amide bonds. The zero-order chi connectivity index (χ0) is 16.3. The molecule has 0 aliphatic carbocycles. The molecule has 7 heteroatoms. The topological polar surface area (TPSA) is 92.3 Å². The van der Waals surface area contributed by atoms with Crippen LogP contribution >= 0.6 is 0 Å². The molecule has 0 aromatic heterocycles. The molecule has 0 spiro atoms. The fourth-order valence-electron chi connectivity index (χ4n) is 1.59. The van der Waals surface area contributed by atoms with E-state index in [4.69, 9.17) is 0 Å². The highest BCUT2D eigenvalue weighted by atomic mass is 32.2. The molecule has 0 heterocycles. The minimum Gasteiger partial charge on any atom is -0.350 e. The first kappa shape index (κ1) is 17.3. The van der Waals surface area contributed by atoms with Gasteiger partial charge in [-0.05, 0) is 39.8 Å². The molecule has 1 rings (SSSR count). The molecule has 0 saturated heterocycles. The molecule has 1 aromatic carbocycles. The molecule has 0 aliphatic heterocycles. The molecule has 2 N–H and O–H groups in total. The summed E-state index contributed by atoms with van der Waals surface area (Å²) >= 11 is 0. The van der Waals surface area contributed by atoms with Crippen LogP contribution in [0, 0.1) is 0 Å². The second-order valence-electron chi connectivity index (χ2n) is 5.71. The van der Waals surface area contributed by atoms with E-state index in [2.05, 4.69) is 10.0 Å². The lowest BCUT2D eigenvalue weighted by atomic mass is 10.1. The van der Waals surface area contributed by atoms with Crippen LogP contribution in [0.25, 0.3) is 0 Å². The van der Waals surface area contributed by atoms with Gasteiger partial charge in [-0.2, -0.15) is 0 Å². The normalized spacial score (nSPS) is 12.0. The molecule has 6 nitrogen and oxygen atoms in total. The Morgan fingerprint density at radius 1 is 1.19 bits per heavy atom. The van der Waals surface area contributed by atoms with Crippen molar-refractivity contribution in [2.24, 2.45) is 0 Å². The zero-order valence-electron chi connectivity index (χ0n) is 12.6. The standard InChI is InChI=1S/C14H20N2O4S/c1-10(17)11-6-5-7-12(8-11)21(19,20)15-9-13(18)16-14(2,3)4/h5-8,15H,9H2,1-4H3,(H,16,18). The molecule has 0 bridgehead atoms. The van der Waals surface area contributed by atoms with E-state index < -0.39 is 21.5 Å². The molecular weight excluding hydrogens is 292 g/mol. The van der Waals surface area contributed by atoms with E-state index in [1.807, 2.05) is 0 Å². The first-order valence-corrected chi connectivity index (χ1v) is 7.91. The van der Waals surface area contributed by atoms with Crippen molar-refractivity contribution >= 4 is 21.7 Å². The van der Waals surface area contributed by atoms with Gasteiger partial charge in [0.2, 0.25) is 15.9 Å². The van der Waals surface area contributed by atoms with Crippen LogP contribution in [0.3, 0.4) is 0 Å².